The molecule has 0 spiro atoms. The van der Waals surface area contributed by atoms with Crippen LogP contribution in [0.4, 0.5) is 0 Å². The van der Waals surface area contributed by atoms with Gasteiger partial charge in [-0.25, -0.2) is 0 Å². The average Bonchev–Trinajstić information content (AvgIpc) is 3.17. The Morgan fingerprint density at radius 1 is 0.619 bits per heavy atom. The van der Waals surface area contributed by atoms with E-state index in [0.29, 0.717) is 0 Å². The molecule has 0 aliphatic heterocycles. The van der Waals surface area contributed by atoms with Gasteiger partial charge >= 0.3 is 7.69 Å². The van der Waals surface area contributed by atoms with Gasteiger partial charge in [-0.15, -0.1) is 0 Å². The molecule has 4 rings (SSSR count). The molecule has 0 saturated heterocycles. The van der Waals surface area contributed by atoms with Crippen molar-refractivity contribution in [1.29, 1.82) is 0 Å². The van der Waals surface area contributed by atoms with Gasteiger partial charge in [0.25, 0.3) is 0 Å². The van der Waals surface area contributed by atoms with E-state index in [-0.39, 0.29) is 0 Å². The molecule has 2 aromatic carbocycles. The molecule has 4 nitrogen and oxygen atoms in total. The molecule has 2 aromatic heterocycles. The van der Waals surface area contributed by atoms with E-state index < -0.39 is 7.69 Å². The van der Waals surface area contributed by atoms with Gasteiger partial charge in [-0.05, 0) is 35.0 Å². The number of fused-ring (bicyclic) bond motifs is 2. The van der Waals surface area contributed by atoms with Gasteiger partial charge in [-0.3, -0.25) is 0 Å². The fourth-order valence-electron chi connectivity index (χ4n) is 1.99. The van der Waals surface area contributed by atoms with Gasteiger partial charge < -0.3 is 20.0 Å². The van der Waals surface area contributed by atoms with Crippen LogP contribution in [-0.2, 0) is 0 Å². The van der Waals surface area contributed by atoms with E-state index in [1.165, 1.54) is 21.8 Å². The van der Waals surface area contributed by atoms with E-state index in [2.05, 4.69) is 46.4 Å². The highest BCUT2D eigenvalue weighted by atomic mass is 16.4. The van der Waals surface area contributed by atoms with Crippen LogP contribution in [-0.4, -0.2) is 27.7 Å². The first-order chi connectivity index (χ1) is 10.3. The van der Waals surface area contributed by atoms with Gasteiger partial charge in [0.2, 0.25) is 0 Å². The molecule has 0 bridgehead atoms. The summed E-state index contributed by atoms with van der Waals surface area (Å²) in [4.78, 5) is 6.24. The lowest BCUT2D eigenvalue weighted by molar-refractivity contribution is 0.448. The maximum atomic E-state index is 7.12. The number of nitrogens with one attached hydrogen (secondary N) is 2. The Kier molecular flexibility index (Phi) is 5.64. The van der Waals surface area contributed by atoms with Gasteiger partial charge in [0.15, 0.2) is 0 Å². The largest absolute Gasteiger partial charge is 0.432 e. The highest BCUT2D eigenvalue weighted by molar-refractivity contribution is 6.13. The Bertz CT molecular complexity index is 653. The van der Waals surface area contributed by atoms with Crippen molar-refractivity contribution in [3.05, 3.63) is 73.1 Å². The molecule has 0 amide bonds. The first-order valence-corrected chi connectivity index (χ1v) is 6.61. The summed E-state index contributed by atoms with van der Waals surface area (Å²) >= 11 is 0. The van der Waals surface area contributed by atoms with E-state index in [4.69, 9.17) is 10.0 Å². The molecule has 0 aliphatic carbocycles. The van der Waals surface area contributed by atoms with Gasteiger partial charge in [-0.2, -0.15) is 0 Å². The van der Waals surface area contributed by atoms with Crippen molar-refractivity contribution in [3.8, 4) is 0 Å². The molecular weight excluding hydrogens is 263 g/mol. The van der Waals surface area contributed by atoms with E-state index in [1.54, 1.807) is 0 Å². The second-order valence-electron chi connectivity index (χ2n) is 4.27. The van der Waals surface area contributed by atoms with Crippen LogP contribution in [0.25, 0.3) is 21.8 Å². The van der Waals surface area contributed by atoms with Crippen molar-refractivity contribution in [1.82, 2.24) is 9.97 Å². The molecule has 5 heteroatoms. The number of hydrogen-bond acceptors (Lipinski definition) is 2. The lowest BCUT2D eigenvalue weighted by atomic mass is 10.3. The van der Waals surface area contributed by atoms with Gasteiger partial charge in [0.1, 0.15) is 0 Å². The number of H-pyrrole nitrogens is 2. The molecule has 4 aromatic rings. The van der Waals surface area contributed by atoms with Crippen LogP contribution < -0.4 is 0 Å². The first kappa shape index (κ1) is 14.9. The van der Waals surface area contributed by atoms with Crippen molar-refractivity contribution in [2.24, 2.45) is 0 Å². The highest BCUT2D eigenvalue weighted by Gasteiger charge is 1.87. The monoisotopic (exact) mass is 280 g/mol. The number of rotatable bonds is 0. The fraction of sp³-hybridized carbons (Fsp3) is 0. The molecule has 0 atom stereocenters. The second kappa shape index (κ2) is 7.94. The Morgan fingerprint density at radius 3 is 1.38 bits per heavy atom. The van der Waals surface area contributed by atoms with Crippen LogP contribution in [0.5, 0.6) is 0 Å². The third-order valence-electron chi connectivity index (χ3n) is 2.93. The van der Waals surface area contributed by atoms with Crippen LogP contribution in [0.2, 0.25) is 0 Å². The van der Waals surface area contributed by atoms with Gasteiger partial charge in [0.05, 0.1) is 0 Å². The van der Waals surface area contributed by atoms with Crippen LogP contribution >= 0.6 is 0 Å². The van der Waals surface area contributed by atoms with Crippen LogP contribution in [0.1, 0.15) is 0 Å². The Hall–Kier alpha value is -2.50. The van der Waals surface area contributed by atoms with Crippen LogP contribution in [0.3, 0.4) is 0 Å². The molecule has 0 unspecified atom stereocenters. The topological polar surface area (TPSA) is 72.0 Å². The Labute approximate surface area is 123 Å². The minimum atomic E-state index is -0.750. The van der Waals surface area contributed by atoms with Crippen molar-refractivity contribution in [2.45, 2.75) is 0 Å². The maximum Gasteiger partial charge on any atom is 0.432 e. The number of benzene rings is 2. The maximum absolute atomic E-state index is 7.12. The summed E-state index contributed by atoms with van der Waals surface area (Å²) in [6, 6.07) is 20.6. The summed E-state index contributed by atoms with van der Waals surface area (Å²) in [6.07, 6.45) is 3.90. The molecule has 0 saturated carbocycles. The third-order valence-corrected chi connectivity index (χ3v) is 2.93. The predicted octanol–water partition coefficient (Wildman–Crippen LogP) is 2.57. The molecule has 0 aliphatic rings. The zero-order valence-corrected chi connectivity index (χ0v) is 11.5. The fourth-order valence-corrected chi connectivity index (χ4v) is 1.99. The van der Waals surface area contributed by atoms with E-state index in [9.17, 15) is 0 Å². The summed E-state index contributed by atoms with van der Waals surface area (Å²) in [5.41, 5.74) is 2.41. The van der Waals surface area contributed by atoms with Gasteiger partial charge in [-0.1, -0.05) is 36.4 Å². The molecule has 0 radical (unpaired) electrons. The summed E-state index contributed by atoms with van der Waals surface area (Å²) < 4.78 is 0. The molecule has 0 fully saturated rings. The third kappa shape index (κ3) is 4.24. The van der Waals surface area contributed by atoms with E-state index in [0.717, 1.165) is 0 Å². The minimum absolute atomic E-state index is 0.750. The van der Waals surface area contributed by atoms with Crippen LogP contribution in [0, 0.1) is 0 Å². The lowest BCUT2D eigenvalue weighted by Crippen LogP contribution is -1.75. The SMILES string of the molecule is OBO.c1ccc2[nH]ccc2c1.c1ccc2[nH]ccc2c1. The number of aromatic amines is 2. The predicted molar refractivity (Wildman–Crippen MR) is 88.2 cm³/mol. The van der Waals surface area contributed by atoms with Gasteiger partial charge in [0, 0.05) is 23.4 Å². The summed E-state index contributed by atoms with van der Waals surface area (Å²) in [5.74, 6) is 0. The van der Waals surface area contributed by atoms with Crippen molar-refractivity contribution >= 4 is 29.5 Å². The van der Waals surface area contributed by atoms with E-state index >= 15 is 0 Å². The van der Waals surface area contributed by atoms with Crippen LogP contribution in [0.15, 0.2) is 73.1 Å². The normalized spacial score (nSPS) is 9.43. The van der Waals surface area contributed by atoms with Crippen molar-refractivity contribution in [3.63, 3.8) is 0 Å². The smallest absolute Gasteiger partial charge is 0.430 e. The van der Waals surface area contributed by atoms with Crippen molar-refractivity contribution in [2.75, 3.05) is 0 Å². The zero-order valence-electron chi connectivity index (χ0n) is 11.5. The molecule has 21 heavy (non-hydrogen) atoms. The number of hydrogen-bond donors (Lipinski definition) is 4. The highest BCUT2D eigenvalue weighted by Crippen LogP contribution is 2.09. The Morgan fingerprint density at radius 2 is 1.00 bits per heavy atom. The summed E-state index contributed by atoms with van der Waals surface area (Å²) in [6.45, 7) is 0. The first-order valence-electron chi connectivity index (χ1n) is 6.61. The van der Waals surface area contributed by atoms with E-state index in [1.807, 2.05) is 36.7 Å². The quantitative estimate of drug-likeness (QED) is 0.374. The summed E-state index contributed by atoms with van der Waals surface area (Å²) in [5, 5.41) is 16.8. The van der Waals surface area contributed by atoms with Crippen molar-refractivity contribution < 1.29 is 10.0 Å². The molecule has 2 heterocycles. The lowest BCUT2D eigenvalue weighted by Gasteiger charge is -1.83. The molecule has 106 valence electrons. The average molecular weight is 280 g/mol. The summed E-state index contributed by atoms with van der Waals surface area (Å²) in [7, 11) is -0.750. The Balaban J connectivity index is 0.000000130. The number of para-hydroxylation sites is 2. The zero-order chi connectivity index (χ0) is 14.9. The number of aromatic nitrogens is 2. The standard InChI is InChI=1S/2C8H7N.BH3O2/c2*1-2-4-8-7(3-1)5-6-9-8;2-1-3/h2*1-6,9H;1-3H. The molecular formula is C16H17BN2O2. The second-order valence-corrected chi connectivity index (χ2v) is 4.27. The minimum Gasteiger partial charge on any atom is -0.430 e. The molecule has 4 N–H and O–H groups in total.